The van der Waals surface area contributed by atoms with Crippen LogP contribution in [0.15, 0.2) is 30.3 Å². The standard InChI is InChI=1S/C15H23F3N2/c1-3-10-19-12-14(13-7-5-4-6-8-13)20(2)11-9-15(16,17)18/h4-8,14,19H,3,9-12H2,1-2H3. The third-order valence-electron chi connectivity index (χ3n) is 3.23. The fourth-order valence-corrected chi connectivity index (χ4v) is 2.08. The number of halogens is 3. The number of benzene rings is 1. The summed E-state index contributed by atoms with van der Waals surface area (Å²) in [6.07, 6.45) is -3.87. The van der Waals surface area contributed by atoms with Crippen LogP contribution in [0, 0.1) is 0 Å². The lowest BCUT2D eigenvalue weighted by Gasteiger charge is -2.29. The van der Waals surface area contributed by atoms with E-state index in [9.17, 15) is 13.2 Å². The first kappa shape index (κ1) is 17.0. The van der Waals surface area contributed by atoms with E-state index in [4.69, 9.17) is 0 Å². The van der Waals surface area contributed by atoms with Crippen LogP contribution in [0.5, 0.6) is 0 Å². The van der Waals surface area contributed by atoms with Crippen LogP contribution in [-0.4, -0.2) is 37.8 Å². The van der Waals surface area contributed by atoms with Crippen molar-refractivity contribution >= 4 is 0 Å². The molecule has 0 saturated carbocycles. The average molecular weight is 288 g/mol. The normalized spacial score (nSPS) is 13.7. The third kappa shape index (κ3) is 6.39. The van der Waals surface area contributed by atoms with E-state index in [0.29, 0.717) is 6.54 Å². The maximum Gasteiger partial charge on any atom is 0.390 e. The molecule has 0 aliphatic rings. The fraction of sp³-hybridized carbons (Fsp3) is 0.600. The predicted octanol–water partition coefficient (Wildman–Crippen LogP) is 3.61. The first-order valence-corrected chi connectivity index (χ1v) is 6.96. The summed E-state index contributed by atoms with van der Waals surface area (Å²) in [5, 5.41) is 3.29. The van der Waals surface area contributed by atoms with Crippen molar-refractivity contribution in [3.8, 4) is 0 Å². The van der Waals surface area contributed by atoms with Crippen molar-refractivity contribution in [1.82, 2.24) is 10.2 Å². The van der Waals surface area contributed by atoms with Gasteiger partial charge in [0.25, 0.3) is 0 Å². The van der Waals surface area contributed by atoms with Crippen molar-refractivity contribution in [2.24, 2.45) is 0 Å². The summed E-state index contributed by atoms with van der Waals surface area (Å²) in [6, 6.07) is 9.63. The van der Waals surface area contributed by atoms with E-state index in [1.165, 1.54) is 0 Å². The van der Waals surface area contributed by atoms with Gasteiger partial charge >= 0.3 is 6.18 Å². The maximum absolute atomic E-state index is 12.3. The molecule has 0 aliphatic heterocycles. The summed E-state index contributed by atoms with van der Waals surface area (Å²) in [6.45, 7) is 3.61. The molecule has 1 N–H and O–H groups in total. The fourth-order valence-electron chi connectivity index (χ4n) is 2.08. The number of nitrogens with one attached hydrogen (secondary N) is 1. The zero-order valence-electron chi connectivity index (χ0n) is 12.1. The second-order valence-electron chi connectivity index (χ2n) is 4.98. The lowest BCUT2D eigenvalue weighted by Crippen LogP contribution is -2.35. The number of likely N-dealkylation sites (N-methyl/N-ethyl adjacent to an activating group) is 1. The van der Waals surface area contributed by atoms with Gasteiger partial charge in [-0.05, 0) is 25.6 Å². The number of hydrogen-bond acceptors (Lipinski definition) is 2. The molecule has 0 heterocycles. The lowest BCUT2D eigenvalue weighted by atomic mass is 10.1. The molecule has 5 heteroatoms. The Kier molecular flexibility index (Phi) is 7.02. The molecule has 0 bridgehead atoms. The van der Waals surface area contributed by atoms with Gasteiger partial charge in [-0.2, -0.15) is 13.2 Å². The van der Waals surface area contributed by atoms with Crippen LogP contribution in [0.25, 0.3) is 0 Å². The van der Waals surface area contributed by atoms with Crippen LogP contribution in [0.1, 0.15) is 31.4 Å². The van der Waals surface area contributed by atoms with Crippen LogP contribution in [0.4, 0.5) is 13.2 Å². The Hall–Kier alpha value is -1.07. The van der Waals surface area contributed by atoms with Gasteiger partial charge in [0, 0.05) is 19.1 Å². The van der Waals surface area contributed by atoms with Gasteiger partial charge in [-0.1, -0.05) is 37.3 Å². The van der Waals surface area contributed by atoms with E-state index in [-0.39, 0.29) is 12.6 Å². The second-order valence-corrected chi connectivity index (χ2v) is 4.98. The molecule has 2 nitrogen and oxygen atoms in total. The molecule has 0 radical (unpaired) electrons. The molecule has 0 aromatic heterocycles. The Bertz CT molecular complexity index is 365. The molecule has 1 rings (SSSR count). The highest BCUT2D eigenvalue weighted by Gasteiger charge is 2.28. The first-order chi connectivity index (χ1) is 9.44. The zero-order valence-corrected chi connectivity index (χ0v) is 12.1. The van der Waals surface area contributed by atoms with E-state index >= 15 is 0 Å². The SMILES string of the molecule is CCCNCC(c1ccccc1)N(C)CCC(F)(F)F. The number of rotatable bonds is 8. The van der Waals surface area contributed by atoms with E-state index in [0.717, 1.165) is 18.5 Å². The van der Waals surface area contributed by atoms with E-state index in [1.807, 2.05) is 30.3 Å². The molecule has 0 fully saturated rings. The Balaban J connectivity index is 2.66. The van der Waals surface area contributed by atoms with Crippen molar-refractivity contribution < 1.29 is 13.2 Å². The summed E-state index contributed by atoms with van der Waals surface area (Å²) in [5.41, 5.74) is 1.04. The highest BCUT2D eigenvalue weighted by Crippen LogP contribution is 2.23. The topological polar surface area (TPSA) is 15.3 Å². The summed E-state index contributed by atoms with van der Waals surface area (Å²) < 4.78 is 37.0. The van der Waals surface area contributed by atoms with Crippen molar-refractivity contribution in [3.63, 3.8) is 0 Å². The van der Waals surface area contributed by atoms with Gasteiger partial charge in [0.2, 0.25) is 0 Å². The van der Waals surface area contributed by atoms with E-state index in [2.05, 4.69) is 12.2 Å². The molecule has 114 valence electrons. The predicted molar refractivity (Wildman–Crippen MR) is 75.6 cm³/mol. The van der Waals surface area contributed by atoms with E-state index < -0.39 is 12.6 Å². The monoisotopic (exact) mass is 288 g/mol. The van der Waals surface area contributed by atoms with Crippen molar-refractivity contribution in [3.05, 3.63) is 35.9 Å². The molecule has 0 aliphatic carbocycles. The van der Waals surface area contributed by atoms with Crippen LogP contribution in [-0.2, 0) is 0 Å². The second kappa shape index (κ2) is 8.27. The van der Waals surface area contributed by atoms with Crippen LogP contribution in [0.3, 0.4) is 0 Å². The molecule has 0 saturated heterocycles. The summed E-state index contributed by atoms with van der Waals surface area (Å²) in [5.74, 6) is 0. The smallest absolute Gasteiger partial charge is 0.315 e. The van der Waals surface area contributed by atoms with Crippen molar-refractivity contribution in [1.29, 1.82) is 0 Å². The summed E-state index contributed by atoms with van der Waals surface area (Å²) in [7, 11) is 1.75. The van der Waals surface area contributed by atoms with Gasteiger partial charge in [-0.3, -0.25) is 4.90 Å². The summed E-state index contributed by atoms with van der Waals surface area (Å²) in [4.78, 5) is 1.77. The average Bonchev–Trinajstić information content (AvgIpc) is 2.41. The Labute approximate surface area is 119 Å². The Morgan fingerprint density at radius 1 is 1.20 bits per heavy atom. The van der Waals surface area contributed by atoms with Crippen LogP contribution in [0.2, 0.25) is 0 Å². The minimum Gasteiger partial charge on any atom is -0.315 e. The maximum atomic E-state index is 12.3. The Morgan fingerprint density at radius 2 is 1.85 bits per heavy atom. The molecule has 1 atom stereocenters. The van der Waals surface area contributed by atoms with Gasteiger partial charge < -0.3 is 5.32 Å². The highest BCUT2D eigenvalue weighted by atomic mass is 19.4. The molecule has 0 spiro atoms. The number of alkyl halides is 3. The van der Waals surface area contributed by atoms with Gasteiger partial charge in [0.1, 0.15) is 0 Å². The molecular formula is C15H23F3N2. The Morgan fingerprint density at radius 3 is 2.40 bits per heavy atom. The molecule has 0 amide bonds. The van der Waals surface area contributed by atoms with Gasteiger partial charge in [-0.25, -0.2) is 0 Å². The van der Waals surface area contributed by atoms with Crippen molar-refractivity contribution in [2.75, 3.05) is 26.7 Å². The van der Waals surface area contributed by atoms with Gasteiger partial charge in [-0.15, -0.1) is 0 Å². The quantitative estimate of drug-likeness (QED) is 0.735. The van der Waals surface area contributed by atoms with E-state index in [1.54, 1.807) is 11.9 Å². The molecule has 1 aromatic rings. The van der Waals surface area contributed by atoms with Crippen LogP contribution < -0.4 is 5.32 Å². The molecule has 1 unspecified atom stereocenters. The zero-order chi connectivity index (χ0) is 15.0. The largest absolute Gasteiger partial charge is 0.390 e. The van der Waals surface area contributed by atoms with Crippen LogP contribution >= 0.6 is 0 Å². The summed E-state index contributed by atoms with van der Waals surface area (Å²) >= 11 is 0. The third-order valence-corrected chi connectivity index (χ3v) is 3.23. The first-order valence-electron chi connectivity index (χ1n) is 6.96. The lowest BCUT2D eigenvalue weighted by molar-refractivity contribution is -0.138. The van der Waals surface area contributed by atoms with Gasteiger partial charge in [0.05, 0.1) is 6.42 Å². The molecular weight excluding hydrogens is 265 g/mol. The number of nitrogens with zero attached hydrogens (tertiary/aromatic N) is 1. The highest BCUT2D eigenvalue weighted by molar-refractivity contribution is 5.19. The van der Waals surface area contributed by atoms with Crippen molar-refractivity contribution in [2.45, 2.75) is 32.0 Å². The molecule has 20 heavy (non-hydrogen) atoms. The number of hydrogen-bond donors (Lipinski definition) is 1. The van der Waals surface area contributed by atoms with Gasteiger partial charge in [0.15, 0.2) is 0 Å². The minimum atomic E-state index is -4.10. The minimum absolute atomic E-state index is 0.0108. The molecule has 1 aromatic carbocycles.